The van der Waals surface area contributed by atoms with Gasteiger partial charge in [0.2, 0.25) is 15.7 Å². The highest BCUT2D eigenvalue weighted by Gasteiger charge is 2.46. The number of hydrogen-bond acceptors (Lipinski definition) is 2. The van der Waals surface area contributed by atoms with Crippen LogP contribution in [0.25, 0.3) is 0 Å². The van der Waals surface area contributed by atoms with Gasteiger partial charge in [0.05, 0.1) is 4.90 Å². The first-order valence-electron chi connectivity index (χ1n) is 6.68. The van der Waals surface area contributed by atoms with E-state index in [4.69, 9.17) is 0 Å². The second-order valence-electron chi connectivity index (χ2n) is 5.00. The third-order valence-electron chi connectivity index (χ3n) is 3.41. The van der Waals surface area contributed by atoms with E-state index in [1.165, 1.54) is 18.2 Å². The van der Waals surface area contributed by atoms with E-state index >= 15 is 0 Å². The number of sulfone groups is 1. The molecule has 0 atom stereocenters. The number of benzene rings is 2. The van der Waals surface area contributed by atoms with E-state index in [9.17, 15) is 39.2 Å². The normalized spacial score (nSPS) is 12.4. The van der Waals surface area contributed by atoms with Gasteiger partial charge >= 0.3 is 5.25 Å². The maximum atomic E-state index is 14.0. The lowest BCUT2D eigenvalue weighted by Gasteiger charge is -2.17. The second-order valence-corrected chi connectivity index (χ2v) is 7.08. The minimum absolute atomic E-state index is 0.739. The maximum absolute atomic E-state index is 14.0. The smallest absolute Gasteiger partial charge is 0.217 e. The molecule has 2 rings (SSSR count). The van der Waals surface area contributed by atoms with Crippen LogP contribution in [-0.4, -0.2) is 13.7 Å². The van der Waals surface area contributed by atoms with Gasteiger partial charge in [0.25, 0.3) is 0 Å². The molecular formula is C15H9F7O2S. The Morgan fingerprint density at radius 1 is 0.760 bits per heavy atom. The molecule has 0 aliphatic carbocycles. The first kappa shape index (κ1) is 19.2. The van der Waals surface area contributed by atoms with E-state index in [1.54, 1.807) is 0 Å². The standard InChI is InChI=1S/C15H9F7O2S/c16-10-9(11(17)13(19)14(20)12(10)18)6-7-15(21,22)25(23,24)8-4-2-1-3-5-8/h1-5H,6-7H2. The number of halogens is 7. The fraction of sp³-hybridized carbons (Fsp3) is 0.200. The highest BCUT2D eigenvalue weighted by molar-refractivity contribution is 7.92. The van der Waals surface area contributed by atoms with Crippen molar-refractivity contribution in [2.45, 2.75) is 23.0 Å². The Balaban J connectivity index is 2.36. The zero-order chi connectivity index (χ0) is 19.0. The third-order valence-corrected chi connectivity index (χ3v) is 5.30. The van der Waals surface area contributed by atoms with Crippen LogP contribution < -0.4 is 0 Å². The van der Waals surface area contributed by atoms with Crippen molar-refractivity contribution >= 4 is 9.84 Å². The van der Waals surface area contributed by atoms with Crippen LogP contribution in [0.3, 0.4) is 0 Å². The Bertz CT molecular complexity index is 867. The van der Waals surface area contributed by atoms with Crippen molar-refractivity contribution in [1.29, 1.82) is 0 Å². The lowest BCUT2D eigenvalue weighted by atomic mass is 10.1. The molecule has 0 saturated heterocycles. The van der Waals surface area contributed by atoms with Crippen LogP contribution >= 0.6 is 0 Å². The van der Waals surface area contributed by atoms with Gasteiger partial charge in [-0.15, -0.1) is 0 Å². The summed E-state index contributed by atoms with van der Waals surface area (Å²) in [4.78, 5) is -0.739. The zero-order valence-corrected chi connectivity index (χ0v) is 13.0. The predicted octanol–water partition coefficient (Wildman–Crippen LogP) is 4.38. The monoisotopic (exact) mass is 386 g/mol. The van der Waals surface area contributed by atoms with Crippen molar-refractivity contribution in [2.24, 2.45) is 0 Å². The van der Waals surface area contributed by atoms with Crippen molar-refractivity contribution in [2.75, 3.05) is 0 Å². The Kier molecular flexibility index (Phi) is 5.12. The van der Waals surface area contributed by atoms with Gasteiger partial charge in [0.15, 0.2) is 23.3 Å². The molecule has 0 spiro atoms. The molecular weight excluding hydrogens is 377 g/mol. The molecule has 0 aromatic heterocycles. The van der Waals surface area contributed by atoms with Gasteiger partial charge in [-0.3, -0.25) is 0 Å². The Hall–Kier alpha value is -2.10. The van der Waals surface area contributed by atoms with Crippen molar-refractivity contribution in [3.63, 3.8) is 0 Å². The summed E-state index contributed by atoms with van der Waals surface area (Å²) in [5, 5.41) is -4.48. The fourth-order valence-electron chi connectivity index (χ4n) is 2.05. The van der Waals surface area contributed by atoms with Gasteiger partial charge in [-0.25, -0.2) is 30.4 Å². The number of alkyl halides is 2. The van der Waals surface area contributed by atoms with Crippen LogP contribution in [-0.2, 0) is 16.3 Å². The minimum atomic E-state index is -5.20. The third kappa shape index (κ3) is 3.35. The number of hydrogen-bond donors (Lipinski definition) is 0. The first-order chi connectivity index (χ1) is 11.5. The predicted molar refractivity (Wildman–Crippen MR) is 73.1 cm³/mol. The van der Waals surface area contributed by atoms with Crippen LogP contribution in [0.1, 0.15) is 12.0 Å². The van der Waals surface area contributed by atoms with Gasteiger partial charge in [-0.2, -0.15) is 8.78 Å². The van der Waals surface area contributed by atoms with Crippen LogP contribution in [0.15, 0.2) is 35.2 Å². The van der Waals surface area contributed by atoms with Gasteiger partial charge in [-0.1, -0.05) is 18.2 Å². The van der Waals surface area contributed by atoms with Crippen molar-refractivity contribution in [1.82, 2.24) is 0 Å². The molecule has 0 N–H and O–H groups in total. The highest BCUT2D eigenvalue weighted by atomic mass is 32.2. The fourth-order valence-corrected chi connectivity index (χ4v) is 3.28. The van der Waals surface area contributed by atoms with Crippen molar-refractivity contribution < 1.29 is 39.2 Å². The molecule has 0 fully saturated rings. The van der Waals surface area contributed by atoms with Gasteiger partial charge in [-0.05, 0) is 18.6 Å². The molecule has 25 heavy (non-hydrogen) atoms. The maximum Gasteiger partial charge on any atom is 0.350 e. The summed E-state index contributed by atoms with van der Waals surface area (Å²) in [6.07, 6.45) is -3.03. The van der Waals surface area contributed by atoms with Crippen LogP contribution in [0.5, 0.6) is 0 Å². The van der Waals surface area contributed by atoms with E-state index in [2.05, 4.69) is 0 Å². The quantitative estimate of drug-likeness (QED) is 0.434. The topological polar surface area (TPSA) is 34.1 Å². The summed E-state index contributed by atoms with van der Waals surface area (Å²) in [5.74, 6) is -11.6. The minimum Gasteiger partial charge on any atom is -0.217 e. The molecule has 0 unspecified atom stereocenters. The van der Waals surface area contributed by atoms with E-state index in [-0.39, 0.29) is 0 Å². The molecule has 0 aliphatic rings. The second kappa shape index (κ2) is 6.66. The molecule has 0 bridgehead atoms. The SMILES string of the molecule is O=S(=O)(c1ccccc1)C(F)(F)CCc1c(F)c(F)c(F)c(F)c1F. The Morgan fingerprint density at radius 3 is 1.68 bits per heavy atom. The van der Waals surface area contributed by atoms with Gasteiger partial charge in [0, 0.05) is 12.0 Å². The van der Waals surface area contributed by atoms with E-state index in [1.807, 2.05) is 0 Å². The van der Waals surface area contributed by atoms with Crippen molar-refractivity contribution in [3.05, 3.63) is 65.0 Å². The molecule has 0 heterocycles. The largest absolute Gasteiger partial charge is 0.350 e. The summed E-state index contributed by atoms with van der Waals surface area (Å²) in [6, 6.07) is 5.54. The molecule has 0 saturated carbocycles. The lowest BCUT2D eigenvalue weighted by molar-refractivity contribution is 0.0817. The van der Waals surface area contributed by atoms with Gasteiger partial charge in [0.1, 0.15) is 0 Å². The molecule has 2 aromatic carbocycles. The highest BCUT2D eigenvalue weighted by Crippen LogP contribution is 2.34. The Morgan fingerprint density at radius 2 is 1.20 bits per heavy atom. The summed E-state index contributed by atoms with van der Waals surface area (Å²) in [5.41, 5.74) is -1.50. The number of rotatable bonds is 5. The lowest BCUT2D eigenvalue weighted by Crippen LogP contribution is -2.30. The van der Waals surface area contributed by atoms with Crippen molar-refractivity contribution in [3.8, 4) is 0 Å². The Labute approximate surface area is 137 Å². The van der Waals surface area contributed by atoms with E-state index in [0.717, 1.165) is 12.1 Å². The molecule has 2 aromatic rings. The molecule has 0 amide bonds. The average molecular weight is 386 g/mol. The first-order valence-corrected chi connectivity index (χ1v) is 8.17. The summed E-state index contributed by atoms with van der Waals surface area (Å²) in [7, 11) is -5.20. The zero-order valence-electron chi connectivity index (χ0n) is 12.2. The van der Waals surface area contributed by atoms with E-state index in [0.29, 0.717) is 0 Å². The summed E-state index contributed by atoms with van der Waals surface area (Å²) < 4.78 is 118. The van der Waals surface area contributed by atoms with E-state index < -0.39 is 67.5 Å². The molecule has 0 radical (unpaired) electrons. The molecule has 136 valence electrons. The average Bonchev–Trinajstić information content (AvgIpc) is 2.58. The molecule has 10 heteroatoms. The molecule has 0 aliphatic heterocycles. The van der Waals surface area contributed by atoms with Crippen LogP contribution in [0.2, 0.25) is 0 Å². The summed E-state index contributed by atoms with van der Waals surface area (Å²) in [6.45, 7) is 0. The molecule has 2 nitrogen and oxygen atoms in total. The van der Waals surface area contributed by atoms with Gasteiger partial charge < -0.3 is 0 Å². The van der Waals surface area contributed by atoms with Crippen LogP contribution in [0, 0.1) is 29.1 Å². The summed E-state index contributed by atoms with van der Waals surface area (Å²) >= 11 is 0. The van der Waals surface area contributed by atoms with Crippen LogP contribution in [0.4, 0.5) is 30.7 Å².